The van der Waals surface area contributed by atoms with E-state index < -0.39 is 22.0 Å². The smallest absolute Gasteiger partial charge is 0.175 e. The van der Waals surface area contributed by atoms with Crippen molar-refractivity contribution in [3.63, 3.8) is 0 Å². The Labute approximate surface area is 136 Å². The lowest BCUT2D eigenvalue weighted by atomic mass is 10.1. The van der Waals surface area contributed by atoms with E-state index in [1.54, 1.807) is 6.07 Å². The number of sulfone groups is 1. The Balaban J connectivity index is 1.65. The second-order valence-electron chi connectivity index (χ2n) is 5.97. The van der Waals surface area contributed by atoms with Crippen LogP contribution in [0.1, 0.15) is 0 Å². The number of nitrogens with one attached hydrogen (secondary N) is 1. The van der Waals surface area contributed by atoms with Gasteiger partial charge in [-0.2, -0.15) is 0 Å². The van der Waals surface area contributed by atoms with E-state index in [0.29, 0.717) is 18.0 Å². The van der Waals surface area contributed by atoms with Crippen molar-refractivity contribution in [2.75, 3.05) is 45.6 Å². The van der Waals surface area contributed by atoms with Crippen LogP contribution in [0.5, 0.6) is 11.5 Å². The highest BCUT2D eigenvalue weighted by atomic mass is 32.2. The number of aliphatic hydroxyl groups is 1. The number of ether oxygens (including phenoxy) is 2. The molecule has 1 aromatic rings. The summed E-state index contributed by atoms with van der Waals surface area (Å²) in [6.45, 7) is 4.38. The van der Waals surface area contributed by atoms with Crippen molar-refractivity contribution in [2.24, 2.45) is 0 Å². The highest BCUT2D eigenvalue weighted by molar-refractivity contribution is 7.90. The predicted molar refractivity (Wildman–Crippen MR) is 84.8 cm³/mol. The van der Waals surface area contributed by atoms with Gasteiger partial charge in [0.1, 0.15) is 12.7 Å². The topological polar surface area (TPSA) is 88.1 Å². The lowest BCUT2D eigenvalue weighted by Gasteiger charge is -2.34. The second kappa shape index (κ2) is 6.64. The molecule has 23 heavy (non-hydrogen) atoms. The number of aliphatic hydroxyl groups excluding tert-OH is 1. The fourth-order valence-electron chi connectivity index (χ4n) is 2.76. The fraction of sp³-hybridized carbons (Fsp3) is 0.600. The van der Waals surface area contributed by atoms with Crippen LogP contribution in [0.15, 0.2) is 23.1 Å². The molecule has 0 bridgehead atoms. The van der Waals surface area contributed by atoms with Crippen LogP contribution in [0.3, 0.4) is 0 Å². The number of benzene rings is 1. The van der Waals surface area contributed by atoms with E-state index >= 15 is 0 Å². The lowest BCUT2D eigenvalue weighted by molar-refractivity contribution is -0.0267. The Morgan fingerprint density at radius 2 is 2.09 bits per heavy atom. The zero-order valence-corrected chi connectivity index (χ0v) is 13.9. The van der Waals surface area contributed by atoms with Crippen molar-refractivity contribution in [3.8, 4) is 11.5 Å². The molecule has 2 atom stereocenters. The van der Waals surface area contributed by atoms with Gasteiger partial charge in [0.15, 0.2) is 27.4 Å². The van der Waals surface area contributed by atoms with E-state index in [1.165, 1.54) is 12.1 Å². The largest absolute Gasteiger partial charge is 0.486 e. The number of β-amino-alcohol motifs (C(OH)–C–C–N with tert-alkyl or cyclic N) is 1. The third-order valence-electron chi connectivity index (χ3n) is 4.11. The average Bonchev–Trinajstić information content (AvgIpc) is 2.54. The molecule has 0 aromatic heterocycles. The van der Waals surface area contributed by atoms with Gasteiger partial charge in [-0.1, -0.05) is 0 Å². The van der Waals surface area contributed by atoms with E-state index in [1.807, 2.05) is 0 Å². The van der Waals surface area contributed by atoms with Gasteiger partial charge in [0.2, 0.25) is 0 Å². The van der Waals surface area contributed by atoms with Gasteiger partial charge < -0.3 is 19.9 Å². The zero-order chi connectivity index (χ0) is 16.4. The van der Waals surface area contributed by atoms with Crippen LogP contribution in [0.25, 0.3) is 0 Å². The molecule has 8 heteroatoms. The lowest BCUT2D eigenvalue weighted by Crippen LogP contribution is -2.51. The van der Waals surface area contributed by atoms with Crippen molar-refractivity contribution < 1.29 is 23.0 Å². The van der Waals surface area contributed by atoms with Crippen LogP contribution in [-0.2, 0) is 9.84 Å². The minimum Gasteiger partial charge on any atom is -0.486 e. The summed E-state index contributed by atoms with van der Waals surface area (Å²) in [5, 5.41) is 13.6. The highest BCUT2D eigenvalue weighted by Crippen LogP contribution is 2.34. The van der Waals surface area contributed by atoms with Crippen molar-refractivity contribution in [3.05, 3.63) is 18.2 Å². The summed E-state index contributed by atoms with van der Waals surface area (Å²) in [6.07, 6.45) is 0.0376. The molecule has 0 saturated carbocycles. The van der Waals surface area contributed by atoms with Gasteiger partial charge in [0.25, 0.3) is 0 Å². The molecule has 2 heterocycles. The summed E-state index contributed by atoms with van der Waals surface area (Å²) >= 11 is 0. The number of hydrogen-bond acceptors (Lipinski definition) is 7. The predicted octanol–water partition coefficient (Wildman–Crippen LogP) is -0.504. The van der Waals surface area contributed by atoms with Gasteiger partial charge >= 0.3 is 0 Å². The number of hydrogen-bond donors (Lipinski definition) is 2. The Kier molecular flexibility index (Phi) is 4.77. The van der Waals surface area contributed by atoms with Crippen molar-refractivity contribution >= 4 is 9.84 Å². The number of fused-ring (bicyclic) bond motifs is 1. The molecule has 2 aliphatic heterocycles. The Morgan fingerprint density at radius 1 is 1.35 bits per heavy atom. The molecule has 2 aliphatic rings. The maximum Gasteiger partial charge on any atom is 0.175 e. The van der Waals surface area contributed by atoms with E-state index in [2.05, 4.69) is 10.2 Å². The Bertz CT molecular complexity index is 658. The molecule has 0 spiro atoms. The molecule has 0 amide bonds. The molecule has 2 N–H and O–H groups in total. The van der Waals surface area contributed by atoms with Crippen LogP contribution in [0, 0.1) is 0 Å². The van der Waals surface area contributed by atoms with Crippen LogP contribution in [0.4, 0.5) is 0 Å². The Morgan fingerprint density at radius 3 is 2.78 bits per heavy atom. The first-order valence-corrected chi connectivity index (χ1v) is 9.57. The molecular formula is C15H22N2O5S. The third-order valence-corrected chi connectivity index (χ3v) is 5.22. The summed E-state index contributed by atoms with van der Waals surface area (Å²) < 4.78 is 34.5. The number of nitrogens with zero attached hydrogens (tertiary/aromatic N) is 1. The minimum absolute atomic E-state index is 0.194. The van der Waals surface area contributed by atoms with Gasteiger partial charge in [0.05, 0.1) is 4.90 Å². The molecule has 3 rings (SSSR count). The van der Waals surface area contributed by atoms with Crippen molar-refractivity contribution in [1.29, 1.82) is 0 Å². The molecule has 2 unspecified atom stereocenters. The van der Waals surface area contributed by atoms with E-state index in [4.69, 9.17) is 9.47 Å². The van der Waals surface area contributed by atoms with E-state index in [9.17, 15) is 13.5 Å². The molecule has 1 saturated heterocycles. The standard InChI is InChI=1S/C15H22N2O5S/c1-23(19,20)11-2-3-13-14(8-11)21-10-15(22-13)12(18)9-17-6-4-16-5-7-17/h2-3,8,12,15-16,18H,4-7,9-10H2,1H3. The molecule has 1 fully saturated rings. The van der Waals surface area contributed by atoms with Gasteiger partial charge in [0, 0.05) is 45.0 Å². The van der Waals surface area contributed by atoms with Crippen LogP contribution < -0.4 is 14.8 Å². The summed E-state index contributed by atoms with van der Waals surface area (Å²) in [4.78, 5) is 2.38. The summed E-state index contributed by atoms with van der Waals surface area (Å²) in [6, 6.07) is 4.53. The first-order chi connectivity index (χ1) is 10.9. The molecular weight excluding hydrogens is 320 g/mol. The van der Waals surface area contributed by atoms with Gasteiger partial charge in [-0.15, -0.1) is 0 Å². The summed E-state index contributed by atoms with van der Waals surface area (Å²) in [5.41, 5.74) is 0. The molecule has 1 aromatic carbocycles. The van der Waals surface area contributed by atoms with Gasteiger partial charge in [-0.3, -0.25) is 4.90 Å². The van der Waals surface area contributed by atoms with Crippen LogP contribution in [-0.4, -0.2) is 76.2 Å². The molecule has 128 valence electrons. The van der Waals surface area contributed by atoms with Gasteiger partial charge in [-0.05, 0) is 12.1 Å². The van der Waals surface area contributed by atoms with E-state index in [-0.39, 0.29) is 11.5 Å². The average molecular weight is 342 g/mol. The van der Waals surface area contributed by atoms with Crippen LogP contribution in [0.2, 0.25) is 0 Å². The highest BCUT2D eigenvalue weighted by Gasteiger charge is 2.30. The van der Waals surface area contributed by atoms with Crippen molar-refractivity contribution in [2.45, 2.75) is 17.1 Å². The molecule has 7 nitrogen and oxygen atoms in total. The van der Waals surface area contributed by atoms with Crippen molar-refractivity contribution in [1.82, 2.24) is 10.2 Å². The number of rotatable bonds is 4. The monoisotopic (exact) mass is 342 g/mol. The van der Waals surface area contributed by atoms with Crippen LogP contribution >= 0.6 is 0 Å². The summed E-state index contributed by atoms with van der Waals surface area (Å²) in [5.74, 6) is 0.867. The zero-order valence-electron chi connectivity index (χ0n) is 13.1. The maximum absolute atomic E-state index is 11.6. The minimum atomic E-state index is -3.28. The number of piperazine rings is 1. The fourth-order valence-corrected chi connectivity index (χ4v) is 3.40. The maximum atomic E-state index is 11.6. The normalized spacial score (nSPS) is 23.5. The van der Waals surface area contributed by atoms with Gasteiger partial charge in [-0.25, -0.2) is 8.42 Å². The first-order valence-electron chi connectivity index (χ1n) is 7.68. The molecule has 0 aliphatic carbocycles. The summed E-state index contributed by atoms with van der Waals surface area (Å²) in [7, 11) is -3.28. The Hall–Kier alpha value is -1.35. The quantitative estimate of drug-likeness (QED) is 0.762. The van der Waals surface area contributed by atoms with E-state index in [0.717, 1.165) is 32.4 Å². The SMILES string of the molecule is CS(=O)(=O)c1ccc2c(c1)OCC(C(O)CN1CCNCC1)O2. The first kappa shape index (κ1) is 16.5. The second-order valence-corrected chi connectivity index (χ2v) is 7.98. The molecule has 0 radical (unpaired) electrons. The third kappa shape index (κ3) is 3.95.